The van der Waals surface area contributed by atoms with Gasteiger partial charge >= 0.3 is 0 Å². The molecule has 0 aliphatic heterocycles. The van der Waals surface area contributed by atoms with Crippen LogP contribution in [0.4, 0.5) is 5.69 Å². The van der Waals surface area contributed by atoms with Crippen LogP contribution in [-0.2, 0) is 4.79 Å². The molecule has 0 bridgehead atoms. The number of carbonyl (C=O) groups excluding carboxylic acids is 1. The van der Waals surface area contributed by atoms with E-state index in [1.54, 1.807) is 25.3 Å². The maximum absolute atomic E-state index is 12.6. The van der Waals surface area contributed by atoms with Crippen molar-refractivity contribution in [3.63, 3.8) is 0 Å². The number of anilines is 1. The first-order chi connectivity index (χ1) is 16.9. The number of nitrogens with zero attached hydrogens (tertiary/aromatic N) is 3. The van der Waals surface area contributed by atoms with Gasteiger partial charge in [0, 0.05) is 11.4 Å². The summed E-state index contributed by atoms with van der Waals surface area (Å²) in [6, 6.07) is 22.0. The fourth-order valence-electron chi connectivity index (χ4n) is 3.27. The molecule has 4 rings (SSSR count). The summed E-state index contributed by atoms with van der Waals surface area (Å²) in [7, 11) is 1.62. The number of hydrogen-bond acceptors (Lipinski definition) is 6. The zero-order valence-corrected chi connectivity index (χ0v) is 21.3. The number of aromatic nitrogens is 3. The van der Waals surface area contributed by atoms with Gasteiger partial charge in [-0.3, -0.25) is 9.36 Å². The summed E-state index contributed by atoms with van der Waals surface area (Å²) in [5.41, 5.74) is 1.43. The Balaban J connectivity index is 1.52. The van der Waals surface area contributed by atoms with Crippen LogP contribution in [0.5, 0.6) is 11.5 Å². The summed E-state index contributed by atoms with van der Waals surface area (Å²) in [5, 5.41) is 12.9. The fourth-order valence-corrected chi connectivity index (χ4v) is 4.33. The quantitative estimate of drug-likeness (QED) is 0.251. The molecule has 0 radical (unpaired) electrons. The first-order valence-corrected chi connectivity index (χ1v) is 12.4. The molecule has 0 spiro atoms. The Labute approximate surface area is 217 Å². The first kappa shape index (κ1) is 24.9. The van der Waals surface area contributed by atoms with Crippen LogP contribution in [0.3, 0.4) is 0 Å². The molecule has 35 heavy (non-hydrogen) atoms. The minimum Gasteiger partial charge on any atom is -0.497 e. The van der Waals surface area contributed by atoms with Crippen molar-refractivity contribution in [3.8, 4) is 17.2 Å². The molecule has 1 N–H and O–H groups in total. The van der Waals surface area contributed by atoms with Crippen LogP contribution in [0.2, 0.25) is 10.0 Å². The molecule has 0 fully saturated rings. The van der Waals surface area contributed by atoms with Gasteiger partial charge in [0.05, 0.1) is 22.9 Å². The molecule has 1 aromatic heterocycles. The molecule has 0 saturated heterocycles. The normalized spacial score (nSPS) is 11.7. The average Bonchev–Trinajstić information content (AvgIpc) is 3.30. The van der Waals surface area contributed by atoms with Gasteiger partial charge in [-0.05, 0) is 61.5 Å². The SMILES string of the molecule is COc1ccc(OC(C)c2nnc(SCC(=O)Nc3ccc(Cl)c(Cl)c3)n2-c2ccccc2)cc1. The van der Waals surface area contributed by atoms with E-state index in [9.17, 15) is 4.79 Å². The van der Waals surface area contributed by atoms with Gasteiger partial charge in [0.15, 0.2) is 17.1 Å². The van der Waals surface area contributed by atoms with E-state index >= 15 is 0 Å². The number of nitrogens with one attached hydrogen (secondary N) is 1. The van der Waals surface area contributed by atoms with Crippen molar-refractivity contribution in [2.75, 3.05) is 18.2 Å². The number of thioether (sulfide) groups is 1. The molecule has 3 aromatic carbocycles. The summed E-state index contributed by atoms with van der Waals surface area (Å²) in [6.07, 6.45) is -0.407. The smallest absolute Gasteiger partial charge is 0.234 e. The Morgan fingerprint density at radius 3 is 2.40 bits per heavy atom. The van der Waals surface area contributed by atoms with Crippen LogP contribution in [0, 0.1) is 0 Å². The highest BCUT2D eigenvalue weighted by Gasteiger charge is 2.21. The molecule has 1 atom stereocenters. The monoisotopic (exact) mass is 528 g/mol. The van der Waals surface area contributed by atoms with E-state index in [0.717, 1.165) is 11.4 Å². The lowest BCUT2D eigenvalue weighted by Gasteiger charge is -2.17. The standard InChI is InChI=1S/C25H22Cl2N4O3S/c1-16(34-20-11-9-19(33-2)10-12-20)24-29-30-25(31(24)18-6-4-3-5-7-18)35-15-23(32)28-17-8-13-21(26)22(27)14-17/h3-14,16H,15H2,1-2H3,(H,28,32). The fraction of sp³-hybridized carbons (Fsp3) is 0.160. The van der Waals surface area contributed by atoms with Crippen LogP contribution in [0.15, 0.2) is 78.0 Å². The molecule has 1 unspecified atom stereocenters. The van der Waals surface area contributed by atoms with Crippen LogP contribution in [-0.4, -0.2) is 33.5 Å². The number of halogens is 2. The van der Waals surface area contributed by atoms with E-state index in [0.29, 0.717) is 32.5 Å². The maximum atomic E-state index is 12.6. The summed E-state index contributed by atoms with van der Waals surface area (Å²) in [4.78, 5) is 12.6. The Kier molecular flexibility index (Phi) is 8.17. The lowest BCUT2D eigenvalue weighted by molar-refractivity contribution is -0.113. The average molecular weight is 529 g/mol. The molecule has 0 aliphatic rings. The highest BCUT2D eigenvalue weighted by Crippen LogP contribution is 2.29. The molecule has 10 heteroatoms. The minimum absolute atomic E-state index is 0.124. The number of amides is 1. The van der Waals surface area contributed by atoms with Gasteiger partial charge in [0.25, 0.3) is 0 Å². The van der Waals surface area contributed by atoms with Crippen molar-refractivity contribution < 1.29 is 14.3 Å². The molecule has 4 aromatic rings. The molecular formula is C25H22Cl2N4O3S. The van der Waals surface area contributed by atoms with Crippen molar-refractivity contribution >= 4 is 46.6 Å². The number of carbonyl (C=O) groups is 1. The number of ether oxygens (including phenoxy) is 2. The third-order valence-electron chi connectivity index (χ3n) is 4.94. The van der Waals surface area contributed by atoms with Gasteiger partial charge in [0.2, 0.25) is 5.91 Å². The van der Waals surface area contributed by atoms with Crippen molar-refractivity contribution in [2.45, 2.75) is 18.2 Å². The number of rotatable bonds is 9. The topological polar surface area (TPSA) is 78.3 Å². The summed E-state index contributed by atoms with van der Waals surface area (Å²) in [5.74, 6) is 1.95. The van der Waals surface area contributed by atoms with Crippen molar-refractivity contribution in [3.05, 3.63) is 88.7 Å². The Morgan fingerprint density at radius 2 is 1.71 bits per heavy atom. The predicted molar refractivity (Wildman–Crippen MR) is 139 cm³/mol. The molecule has 1 heterocycles. The lowest BCUT2D eigenvalue weighted by atomic mass is 10.3. The zero-order valence-electron chi connectivity index (χ0n) is 18.9. The first-order valence-electron chi connectivity index (χ1n) is 10.6. The van der Waals surface area contributed by atoms with Crippen LogP contribution in [0.25, 0.3) is 5.69 Å². The van der Waals surface area contributed by atoms with Gasteiger partial charge in [-0.15, -0.1) is 10.2 Å². The zero-order chi connectivity index (χ0) is 24.8. The molecule has 0 saturated carbocycles. The Morgan fingerprint density at radius 1 is 1.00 bits per heavy atom. The van der Waals surface area contributed by atoms with Gasteiger partial charge in [0.1, 0.15) is 11.5 Å². The van der Waals surface area contributed by atoms with Gasteiger partial charge in [-0.25, -0.2) is 0 Å². The molecule has 1 amide bonds. The van der Waals surface area contributed by atoms with E-state index in [2.05, 4.69) is 15.5 Å². The third-order valence-corrected chi connectivity index (χ3v) is 6.61. The Hall–Kier alpha value is -3.20. The van der Waals surface area contributed by atoms with Crippen molar-refractivity contribution in [1.82, 2.24) is 14.8 Å². The summed E-state index contributed by atoms with van der Waals surface area (Å²) in [6.45, 7) is 1.90. The third kappa shape index (κ3) is 6.28. The van der Waals surface area contributed by atoms with Gasteiger partial charge < -0.3 is 14.8 Å². The predicted octanol–water partition coefficient (Wildman–Crippen LogP) is 6.45. The number of benzene rings is 3. The van der Waals surface area contributed by atoms with Crippen LogP contribution >= 0.6 is 35.0 Å². The number of hydrogen-bond donors (Lipinski definition) is 1. The second-order valence-corrected chi connectivity index (χ2v) is 9.17. The molecule has 7 nitrogen and oxygen atoms in total. The van der Waals surface area contributed by atoms with E-state index in [-0.39, 0.29) is 11.7 Å². The van der Waals surface area contributed by atoms with Crippen LogP contribution < -0.4 is 14.8 Å². The number of para-hydroxylation sites is 1. The van der Waals surface area contributed by atoms with E-state index in [1.807, 2.05) is 66.1 Å². The highest BCUT2D eigenvalue weighted by atomic mass is 35.5. The van der Waals surface area contributed by atoms with Crippen molar-refractivity contribution in [1.29, 1.82) is 0 Å². The number of methoxy groups -OCH3 is 1. The molecule has 0 aliphatic carbocycles. The summed E-state index contributed by atoms with van der Waals surface area (Å²) >= 11 is 13.3. The molecular weight excluding hydrogens is 507 g/mol. The second-order valence-electron chi connectivity index (χ2n) is 7.41. The van der Waals surface area contributed by atoms with E-state index < -0.39 is 6.10 Å². The minimum atomic E-state index is -0.407. The highest BCUT2D eigenvalue weighted by molar-refractivity contribution is 7.99. The van der Waals surface area contributed by atoms with Crippen LogP contribution in [0.1, 0.15) is 18.9 Å². The van der Waals surface area contributed by atoms with Gasteiger partial charge in [-0.1, -0.05) is 53.2 Å². The summed E-state index contributed by atoms with van der Waals surface area (Å²) < 4.78 is 13.2. The lowest BCUT2D eigenvalue weighted by Crippen LogP contribution is -2.15. The van der Waals surface area contributed by atoms with Crippen molar-refractivity contribution in [2.24, 2.45) is 0 Å². The van der Waals surface area contributed by atoms with E-state index in [1.165, 1.54) is 11.8 Å². The Bertz CT molecular complexity index is 1300. The molecule has 180 valence electrons. The van der Waals surface area contributed by atoms with E-state index in [4.69, 9.17) is 32.7 Å². The van der Waals surface area contributed by atoms with Gasteiger partial charge in [-0.2, -0.15) is 0 Å². The largest absolute Gasteiger partial charge is 0.497 e. The second kappa shape index (κ2) is 11.5. The maximum Gasteiger partial charge on any atom is 0.234 e.